The number of aromatic nitrogens is 1. The number of pyridine rings is 1. The molecule has 17 heavy (non-hydrogen) atoms. The number of carbonyl (C=O) groups excluding carboxylic acids is 1. The number of hydrogen-bond acceptors (Lipinski definition) is 3. The Morgan fingerprint density at radius 2 is 2.12 bits per heavy atom. The number of nitrogens with two attached hydrogens (primary N) is 1. The minimum absolute atomic E-state index is 0.138. The maximum Gasteiger partial charge on any atom is 0.413 e. The average Bonchev–Trinajstić information content (AvgIpc) is 2.19. The average molecular weight is 267 g/mol. The first-order valence-corrected chi connectivity index (χ1v) is 5.01. The van der Waals surface area contributed by atoms with Crippen LogP contribution in [0, 0.1) is 0 Å². The van der Waals surface area contributed by atoms with Gasteiger partial charge < -0.3 is 5.73 Å². The van der Waals surface area contributed by atoms with E-state index < -0.39 is 23.9 Å². The summed E-state index contributed by atoms with van der Waals surface area (Å²) in [7, 11) is 0. The van der Waals surface area contributed by atoms with Crippen molar-refractivity contribution in [1.29, 1.82) is 0 Å². The van der Waals surface area contributed by atoms with E-state index in [0.29, 0.717) is 6.92 Å². The van der Waals surface area contributed by atoms with Crippen LogP contribution >= 0.6 is 11.6 Å². The third-order valence-corrected chi connectivity index (χ3v) is 2.72. The quantitative estimate of drug-likeness (QED) is 0.912. The van der Waals surface area contributed by atoms with Crippen molar-refractivity contribution in [2.24, 2.45) is 5.73 Å². The summed E-state index contributed by atoms with van der Waals surface area (Å²) < 4.78 is 37.5. The Hall–Kier alpha value is -1.14. The summed E-state index contributed by atoms with van der Waals surface area (Å²) in [6.45, 7) is 0.643. The first-order chi connectivity index (χ1) is 7.66. The Balaban J connectivity index is 2.91. The lowest BCUT2D eigenvalue weighted by atomic mass is 9.92. The number of rotatable bonds is 3. The van der Waals surface area contributed by atoms with Crippen molar-refractivity contribution in [3.8, 4) is 0 Å². The van der Waals surface area contributed by atoms with Gasteiger partial charge in [0.2, 0.25) is 0 Å². The highest BCUT2D eigenvalue weighted by Crippen LogP contribution is 2.30. The fourth-order valence-corrected chi connectivity index (χ4v) is 1.25. The molecule has 1 unspecified atom stereocenters. The van der Waals surface area contributed by atoms with Crippen LogP contribution in [0.2, 0.25) is 5.02 Å². The molecule has 0 bridgehead atoms. The van der Waals surface area contributed by atoms with E-state index in [-0.39, 0.29) is 10.6 Å². The summed E-state index contributed by atoms with van der Waals surface area (Å²) in [4.78, 5) is 15.2. The molecule has 1 atom stereocenters. The first-order valence-electron chi connectivity index (χ1n) is 4.63. The molecule has 0 radical (unpaired) electrons. The molecule has 7 heteroatoms. The zero-order chi connectivity index (χ0) is 13.3. The Kier molecular flexibility index (Phi) is 3.78. The number of Topliss-reactive ketones (excluding diaryl/α,β-unsaturated/α-hetero) is 1. The van der Waals surface area contributed by atoms with E-state index in [0.717, 1.165) is 0 Å². The van der Waals surface area contributed by atoms with Gasteiger partial charge in [0.05, 0.1) is 5.02 Å². The highest BCUT2D eigenvalue weighted by atomic mass is 35.5. The van der Waals surface area contributed by atoms with E-state index in [4.69, 9.17) is 17.3 Å². The third-order valence-electron chi connectivity index (χ3n) is 2.38. The lowest BCUT2D eigenvalue weighted by Gasteiger charge is -2.26. The van der Waals surface area contributed by atoms with Crippen molar-refractivity contribution in [3.63, 3.8) is 0 Å². The van der Waals surface area contributed by atoms with E-state index in [1.54, 1.807) is 0 Å². The van der Waals surface area contributed by atoms with Crippen molar-refractivity contribution in [3.05, 3.63) is 29.0 Å². The third kappa shape index (κ3) is 2.95. The largest absolute Gasteiger partial charge is 0.413 e. The number of hydrogen-bond donors (Lipinski definition) is 1. The molecule has 1 heterocycles. The molecule has 1 aromatic rings. The molecule has 1 rings (SSSR count). The second kappa shape index (κ2) is 4.62. The topological polar surface area (TPSA) is 56.0 Å². The van der Waals surface area contributed by atoms with Gasteiger partial charge in [0.15, 0.2) is 11.3 Å². The van der Waals surface area contributed by atoms with Gasteiger partial charge in [-0.25, -0.2) is 0 Å². The predicted molar refractivity (Wildman–Crippen MR) is 56.6 cm³/mol. The number of nitrogens with zero attached hydrogens (tertiary/aromatic N) is 1. The van der Waals surface area contributed by atoms with Crippen LogP contribution in [0.5, 0.6) is 0 Å². The van der Waals surface area contributed by atoms with Crippen molar-refractivity contribution < 1.29 is 18.0 Å². The Morgan fingerprint density at radius 3 is 2.59 bits per heavy atom. The predicted octanol–water partition coefficient (Wildman–Crippen LogP) is 2.13. The standard InChI is InChI=1S/C10H10ClF3N2O/c1-9(15,10(12,13)14)8(17)4-6-2-3-16-5-7(6)11/h2-3,5H,4,15H2,1H3. The molecule has 0 aliphatic heterocycles. The van der Waals surface area contributed by atoms with Gasteiger partial charge in [-0.15, -0.1) is 0 Å². The van der Waals surface area contributed by atoms with Crippen LogP contribution in [-0.2, 0) is 11.2 Å². The fraction of sp³-hybridized carbons (Fsp3) is 0.400. The minimum atomic E-state index is -4.79. The SMILES string of the molecule is CC(N)(C(=O)Cc1ccncc1Cl)C(F)(F)F. The van der Waals surface area contributed by atoms with E-state index in [1.165, 1.54) is 18.5 Å². The van der Waals surface area contributed by atoms with E-state index in [2.05, 4.69) is 4.98 Å². The summed E-state index contributed by atoms with van der Waals surface area (Å²) in [5, 5.41) is 0.138. The van der Waals surface area contributed by atoms with Crippen LogP contribution in [0.3, 0.4) is 0 Å². The highest BCUT2D eigenvalue weighted by molar-refractivity contribution is 6.31. The highest BCUT2D eigenvalue weighted by Gasteiger charge is 2.53. The van der Waals surface area contributed by atoms with Crippen LogP contribution < -0.4 is 5.73 Å². The normalized spacial score (nSPS) is 15.4. The van der Waals surface area contributed by atoms with Gasteiger partial charge in [0.1, 0.15) is 0 Å². The number of carbonyl (C=O) groups is 1. The molecule has 0 saturated carbocycles. The summed E-state index contributed by atoms with van der Waals surface area (Å²) >= 11 is 5.70. The lowest BCUT2D eigenvalue weighted by molar-refractivity contribution is -0.185. The second-order valence-electron chi connectivity index (χ2n) is 3.77. The van der Waals surface area contributed by atoms with E-state index in [9.17, 15) is 18.0 Å². The number of halogens is 4. The van der Waals surface area contributed by atoms with Gasteiger partial charge >= 0.3 is 6.18 Å². The van der Waals surface area contributed by atoms with Gasteiger partial charge in [0.25, 0.3) is 0 Å². The molecule has 1 aromatic heterocycles. The lowest BCUT2D eigenvalue weighted by Crippen LogP contribution is -2.57. The van der Waals surface area contributed by atoms with Crippen LogP contribution in [-0.4, -0.2) is 22.5 Å². The molecular weight excluding hydrogens is 257 g/mol. The second-order valence-corrected chi connectivity index (χ2v) is 4.17. The Bertz CT molecular complexity index is 432. The van der Waals surface area contributed by atoms with E-state index in [1.807, 2.05) is 0 Å². The maximum atomic E-state index is 12.5. The Morgan fingerprint density at radius 1 is 1.53 bits per heavy atom. The van der Waals surface area contributed by atoms with Crippen LogP contribution in [0.1, 0.15) is 12.5 Å². The van der Waals surface area contributed by atoms with Crippen LogP contribution in [0.4, 0.5) is 13.2 Å². The zero-order valence-corrected chi connectivity index (χ0v) is 9.64. The zero-order valence-electron chi connectivity index (χ0n) is 8.88. The van der Waals surface area contributed by atoms with Crippen molar-refractivity contribution in [2.45, 2.75) is 25.1 Å². The fourth-order valence-electron chi connectivity index (χ4n) is 1.06. The molecule has 0 aromatic carbocycles. The van der Waals surface area contributed by atoms with Crippen molar-refractivity contribution in [1.82, 2.24) is 4.98 Å². The summed E-state index contributed by atoms with van der Waals surface area (Å²) in [6, 6.07) is 1.38. The van der Waals surface area contributed by atoms with Gasteiger partial charge in [-0.1, -0.05) is 11.6 Å². The molecule has 0 fully saturated rings. The van der Waals surface area contributed by atoms with Gasteiger partial charge in [-0.2, -0.15) is 13.2 Å². The maximum absolute atomic E-state index is 12.5. The number of ketones is 1. The summed E-state index contributed by atoms with van der Waals surface area (Å²) in [5.41, 5.74) is 2.40. The van der Waals surface area contributed by atoms with E-state index >= 15 is 0 Å². The van der Waals surface area contributed by atoms with Crippen molar-refractivity contribution >= 4 is 17.4 Å². The van der Waals surface area contributed by atoms with Gasteiger partial charge in [-0.05, 0) is 18.6 Å². The molecule has 3 nitrogen and oxygen atoms in total. The monoisotopic (exact) mass is 266 g/mol. The molecular formula is C10H10ClF3N2O. The van der Waals surface area contributed by atoms with Crippen LogP contribution in [0.25, 0.3) is 0 Å². The summed E-state index contributed by atoms with van der Waals surface area (Å²) in [6.07, 6.45) is -2.67. The number of alkyl halides is 3. The van der Waals surface area contributed by atoms with Crippen molar-refractivity contribution in [2.75, 3.05) is 0 Å². The minimum Gasteiger partial charge on any atom is -0.312 e. The molecule has 0 spiro atoms. The molecule has 94 valence electrons. The Labute approximate surface area is 101 Å². The molecule has 0 amide bonds. The molecule has 0 aliphatic rings. The molecule has 2 N–H and O–H groups in total. The smallest absolute Gasteiger partial charge is 0.312 e. The molecule has 0 aliphatic carbocycles. The summed E-state index contributed by atoms with van der Waals surface area (Å²) in [5.74, 6) is -1.14. The van der Waals surface area contributed by atoms with Crippen LogP contribution in [0.15, 0.2) is 18.5 Å². The van der Waals surface area contributed by atoms with Gasteiger partial charge in [-0.3, -0.25) is 9.78 Å². The first kappa shape index (κ1) is 13.9. The van der Waals surface area contributed by atoms with Gasteiger partial charge in [0, 0.05) is 18.8 Å². The molecule has 0 saturated heterocycles.